The Hall–Kier alpha value is -2.76. The second kappa shape index (κ2) is 8.17. The van der Waals surface area contributed by atoms with Crippen molar-refractivity contribution in [2.24, 2.45) is 0 Å². The van der Waals surface area contributed by atoms with Crippen LogP contribution < -0.4 is 4.90 Å². The Morgan fingerprint density at radius 3 is 2.47 bits per heavy atom. The SMILES string of the molecule is Cc1ccc(C2=C(SCc3ccco3)C(=O)N(c3cc(Cl)ccc3C)C2=O)c(C)c1. The number of carbonyl (C=O) groups is 2. The van der Waals surface area contributed by atoms with Crippen molar-refractivity contribution in [2.45, 2.75) is 26.5 Å². The highest BCUT2D eigenvalue weighted by Gasteiger charge is 2.41. The fourth-order valence-corrected chi connectivity index (χ4v) is 4.73. The fourth-order valence-electron chi connectivity index (χ4n) is 3.56. The van der Waals surface area contributed by atoms with Crippen LogP contribution in [0.2, 0.25) is 5.02 Å². The monoisotopic (exact) mass is 437 g/mol. The van der Waals surface area contributed by atoms with E-state index >= 15 is 0 Å². The van der Waals surface area contributed by atoms with Crippen molar-refractivity contribution < 1.29 is 14.0 Å². The highest BCUT2D eigenvalue weighted by atomic mass is 35.5. The summed E-state index contributed by atoms with van der Waals surface area (Å²) in [7, 11) is 0. The molecule has 6 heteroatoms. The summed E-state index contributed by atoms with van der Waals surface area (Å²) >= 11 is 7.49. The number of amides is 2. The molecule has 0 aliphatic carbocycles. The first-order valence-electron chi connectivity index (χ1n) is 9.49. The molecule has 1 aliphatic heterocycles. The van der Waals surface area contributed by atoms with Crippen LogP contribution in [0.25, 0.3) is 5.57 Å². The topological polar surface area (TPSA) is 50.5 Å². The molecule has 0 fully saturated rings. The molecule has 2 amide bonds. The highest BCUT2D eigenvalue weighted by Crippen LogP contribution is 2.41. The molecule has 4 nitrogen and oxygen atoms in total. The average Bonchev–Trinajstić information content (AvgIpc) is 3.29. The van der Waals surface area contributed by atoms with Crippen molar-refractivity contribution in [1.29, 1.82) is 0 Å². The Balaban J connectivity index is 1.82. The molecule has 0 N–H and O–H groups in total. The zero-order chi connectivity index (χ0) is 21.4. The van der Waals surface area contributed by atoms with Crippen LogP contribution in [0, 0.1) is 20.8 Å². The van der Waals surface area contributed by atoms with Crippen molar-refractivity contribution in [2.75, 3.05) is 4.90 Å². The minimum absolute atomic E-state index is 0.334. The molecule has 1 aromatic heterocycles. The number of halogens is 1. The number of hydrogen-bond donors (Lipinski definition) is 0. The maximum absolute atomic E-state index is 13.6. The van der Waals surface area contributed by atoms with Crippen LogP contribution in [0.4, 0.5) is 5.69 Å². The smallest absolute Gasteiger partial charge is 0.272 e. The van der Waals surface area contributed by atoms with Gasteiger partial charge in [-0.1, -0.05) is 41.4 Å². The Labute approximate surface area is 184 Å². The third-order valence-corrected chi connectivity index (χ3v) is 6.37. The minimum Gasteiger partial charge on any atom is -0.468 e. The third kappa shape index (κ3) is 3.71. The first-order valence-corrected chi connectivity index (χ1v) is 10.8. The van der Waals surface area contributed by atoms with Gasteiger partial charge in [-0.05, 0) is 61.7 Å². The van der Waals surface area contributed by atoms with Gasteiger partial charge in [0.25, 0.3) is 11.8 Å². The zero-order valence-electron chi connectivity index (χ0n) is 16.9. The Kier molecular flexibility index (Phi) is 5.58. The number of rotatable bonds is 5. The first kappa shape index (κ1) is 20.5. The lowest BCUT2D eigenvalue weighted by Gasteiger charge is -2.18. The van der Waals surface area contributed by atoms with Crippen LogP contribution in [0.3, 0.4) is 0 Å². The van der Waals surface area contributed by atoms with Gasteiger partial charge in [0, 0.05) is 5.02 Å². The molecule has 2 aromatic carbocycles. The Morgan fingerprint density at radius 2 is 1.77 bits per heavy atom. The van der Waals surface area contributed by atoms with E-state index < -0.39 is 0 Å². The molecular formula is C24H20ClNO3S. The molecule has 0 unspecified atom stereocenters. The summed E-state index contributed by atoms with van der Waals surface area (Å²) in [4.78, 5) is 28.7. The Morgan fingerprint density at radius 1 is 0.967 bits per heavy atom. The average molecular weight is 438 g/mol. The number of thioether (sulfide) groups is 1. The molecule has 0 atom stereocenters. The highest BCUT2D eigenvalue weighted by molar-refractivity contribution is 8.03. The quantitative estimate of drug-likeness (QED) is 0.454. The molecule has 0 saturated carbocycles. The predicted molar refractivity (Wildman–Crippen MR) is 122 cm³/mol. The molecule has 4 rings (SSSR count). The summed E-state index contributed by atoms with van der Waals surface area (Å²) in [5.74, 6) is 0.527. The van der Waals surface area contributed by atoms with Crippen LogP contribution in [0.15, 0.2) is 64.1 Å². The van der Waals surface area contributed by atoms with Crippen LogP contribution in [-0.4, -0.2) is 11.8 Å². The summed E-state index contributed by atoms with van der Waals surface area (Å²) in [6.07, 6.45) is 1.60. The normalized spacial score (nSPS) is 14.2. The molecular weight excluding hydrogens is 418 g/mol. The number of carbonyl (C=O) groups excluding carboxylic acids is 2. The molecule has 0 bridgehead atoms. The fraction of sp³-hybridized carbons (Fsp3) is 0.167. The van der Waals surface area contributed by atoms with Crippen LogP contribution in [0.1, 0.15) is 28.0 Å². The summed E-state index contributed by atoms with van der Waals surface area (Å²) in [5, 5.41) is 0.473. The maximum Gasteiger partial charge on any atom is 0.272 e. The molecule has 0 spiro atoms. The van der Waals surface area contributed by atoms with E-state index in [1.54, 1.807) is 24.5 Å². The standard InChI is InChI=1S/C24H20ClNO3S/c1-14-6-9-19(16(3)11-14)21-22(30-13-18-5-4-10-29-18)24(28)26(23(21)27)20-12-17(25)8-7-15(20)2/h4-12H,13H2,1-3H3. The second-order valence-corrected chi connectivity index (χ2v) is 8.69. The molecule has 1 aliphatic rings. The van der Waals surface area contributed by atoms with Gasteiger partial charge in [0.05, 0.1) is 28.2 Å². The molecule has 3 aromatic rings. The van der Waals surface area contributed by atoms with Gasteiger partial charge < -0.3 is 4.42 Å². The molecule has 30 heavy (non-hydrogen) atoms. The van der Waals surface area contributed by atoms with Gasteiger partial charge >= 0.3 is 0 Å². The number of nitrogens with zero attached hydrogens (tertiary/aromatic N) is 1. The van der Waals surface area contributed by atoms with E-state index in [0.29, 0.717) is 26.9 Å². The number of benzene rings is 2. The summed E-state index contributed by atoms with van der Waals surface area (Å²) in [6.45, 7) is 5.81. The summed E-state index contributed by atoms with van der Waals surface area (Å²) < 4.78 is 5.41. The van der Waals surface area contributed by atoms with Gasteiger partial charge in [-0.2, -0.15) is 0 Å². The number of furan rings is 1. The van der Waals surface area contributed by atoms with E-state index in [0.717, 1.165) is 28.0 Å². The predicted octanol–water partition coefficient (Wildman–Crippen LogP) is 6.08. The number of hydrogen-bond acceptors (Lipinski definition) is 4. The van der Waals surface area contributed by atoms with Gasteiger partial charge in [0.1, 0.15) is 5.76 Å². The molecule has 0 radical (unpaired) electrons. The van der Waals surface area contributed by atoms with Crippen LogP contribution >= 0.6 is 23.4 Å². The van der Waals surface area contributed by atoms with E-state index in [4.69, 9.17) is 16.0 Å². The summed E-state index contributed by atoms with van der Waals surface area (Å²) in [6, 6.07) is 14.7. The maximum atomic E-state index is 13.6. The Bertz CT molecular complexity index is 1180. The van der Waals surface area contributed by atoms with Gasteiger partial charge in [-0.3, -0.25) is 9.59 Å². The lowest BCUT2D eigenvalue weighted by atomic mass is 9.98. The third-order valence-electron chi connectivity index (χ3n) is 5.04. The molecule has 0 saturated heterocycles. The van der Waals surface area contributed by atoms with Crippen molar-refractivity contribution in [1.82, 2.24) is 0 Å². The number of aryl methyl sites for hydroxylation is 3. The van der Waals surface area contributed by atoms with Crippen molar-refractivity contribution >= 4 is 46.4 Å². The first-order chi connectivity index (χ1) is 14.4. The largest absolute Gasteiger partial charge is 0.468 e. The van der Waals surface area contributed by atoms with Gasteiger partial charge in [-0.15, -0.1) is 11.8 Å². The van der Waals surface area contributed by atoms with Crippen molar-refractivity contribution in [3.8, 4) is 0 Å². The lowest BCUT2D eigenvalue weighted by Crippen LogP contribution is -2.32. The van der Waals surface area contributed by atoms with E-state index in [1.807, 2.05) is 51.1 Å². The van der Waals surface area contributed by atoms with E-state index in [9.17, 15) is 9.59 Å². The van der Waals surface area contributed by atoms with Crippen LogP contribution in [0.5, 0.6) is 0 Å². The van der Waals surface area contributed by atoms with Crippen molar-refractivity contribution in [3.05, 3.63) is 92.7 Å². The molecule has 2 heterocycles. The van der Waals surface area contributed by atoms with Gasteiger partial charge in [0.2, 0.25) is 0 Å². The van der Waals surface area contributed by atoms with Gasteiger partial charge in [0.15, 0.2) is 0 Å². The minimum atomic E-state index is -0.336. The van der Waals surface area contributed by atoms with E-state index in [2.05, 4.69) is 0 Å². The molecule has 152 valence electrons. The number of imide groups is 1. The number of anilines is 1. The van der Waals surface area contributed by atoms with E-state index in [1.165, 1.54) is 16.7 Å². The van der Waals surface area contributed by atoms with Crippen LogP contribution in [-0.2, 0) is 15.3 Å². The second-order valence-electron chi connectivity index (χ2n) is 7.27. The zero-order valence-corrected chi connectivity index (χ0v) is 18.4. The van der Waals surface area contributed by atoms with Gasteiger partial charge in [-0.25, -0.2) is 4.90 Å². The van der Waals surface area contributed by atoms with E-state index in [-0.39, 0.29) is 11.8 Å². The lowest BCUT2D eigenvalue weighted by molar-refractivity contribution is -0.119. The summed E-state index contributed by atoms with van der Waals surface area (Å²) in [5.41, 5.74) is 4.55. The van der Waals surface area contributed by atoms with Crippen molar-refractivity contribution in [3.63, 3.8) is 0 Å².